The summed E-state index contributed by atoms with van der Waals surface area (Å²) in [7, 11) is 0. The normalized spacial score (nSPS) is 12.5. The number of carbonyl (C=O) groups excluding carboxylic acids is 1. The van der Waals surface area contributed by atoms with Gasteiger partial charge in [0, 0.05) is 6.54 Å². The van der Waals surface area contributed by atoms with E-state index in [0.29, 0.717) is 25.0 Å². The summed E-state index contributed by atoms with van der Waals surface area (Å²) in [6.07, 6.45) is 2.61. The minimum absolute atomic E-state index is 0. The van der Waals surface area contributed by atoms with Gasteiger partial charge in [0.05, 0.1) is 19.2 Å². The molecule has 0 spiro atoms. The molecule has 126 valence electrons. The predicted molar refractivity (Wildman–Crippen MR) is 98.2 cm³/mol. The van der Waals surface area contributed by atoms with E-state index in [1.807, 2.05) is 0 Å². The molecule has 0 bridgehead atoms. The average Bonchev–Trinajstić information content (AvgIpc) is 2.36. The molecule has 0 aromatic carbocycles. The number of hydrogen-bond acceptors (Lipinski definition) is 3. The molecule has 0 radical (unpaired) electrons. The molecule has 1 amide bonds. The molecule has 7 heteroatoms. The van der Waals surface area contributed by atoms with Crippen molar-refractivity contribution in [2.75, 3.05) is 19.7 Å². The first-order valence-electron chi connectivity index (χ1n) is 7.46. The van der Waals surface area contributed by atoms with Gasteiger partial charge in [-0.05, 0) is 25.7 Å². The summed E-state index contributed by atoms with van der Waals surface area (Å²) < 4.78 is 4.89. The van der Waals surface area contributed by atoms with Crippen LogP contribution in [0, 0.1) is 5.92 Å². The van der Waals surface area contributed by atoms with Gasteiger partial charge >= 0.3 is 6.09 Å². The number of nitrogens with zero attached hydrogens (tertiary/aromatic N) is 1. The van der Waals surface area contributed by atoms with Crippen molar-refractivity contribution in [1.29, 1.82) is 0 Å². The van der Waals surface area contributed by atoms with Gasteiger partial charge in [0.15, 0.2) is 5.96 Å². The van der Waals surface area contributed by atoms with Crippen LogP contribution in [0.5, 0.6) is 0 Å². The Bertz CT molecular complexity index is 299. The molecule has 1 unspecified atom stereocenters. The number of guanidine groups is 1. The Hall–Kier alpha value is -0.730. The molecule has 21 heavy (non-hydrogen) atoms. The molecule has 0 saturated heterocycles. The van der Waals surface area contributed by atoms with Crippen LogP contribution in [0.1, 0.15) is 47.0 Å². The summed E-state index contributed by atoms with van der Waals surface area (Å²) in [5.41, 5.74) is 5.78. The molecule has 0 aliphatic rings. The molecular weight excluding hydrogens is 383 g/mol. The molecule has 0 fully saturated rings. The highest BCUT2D eigenvalue weighted by molar-refractivity contribution is 14.0. The lowest BCUT2D eigenvalue weighted by molar-refractivity contribution is 0.147. The lowest BCUT2D eigenvalue weighted by Gasteiger charge is -2.18. The van der Waals surface area contributed by atoms with E-state index in [9.17, 15) is 4.79 Å². The lowest BCUT2D eigenvalue weighted by atomic mass is 10.0. The predicted octanol–water partition coefficient (Wildman–Crippen LogP) is 2.47. The second-order valence-electron chi connectivity index (χ2n) is 5.20. The third-order valence-corrected chi connectivity index (χ3v) is 2.67. The number of halogens is 1. The summed E-state index contributed by atoms with van der Waals surface area (Å²) in [5, 5.41) is 5.87. The van der Waals surface area contributed by atoms with Crippen molar-refractivity contribution in [3.63, 3.8) is 0 Å². The standard InChI is InChI=1S/C14H30N4O2.HI/c1-5-7-8-16-13(15)17-10-12(9-11(3)4)18-14(19)20-6-2;/h11-12H,5-10H2,1-4H3,(H,18,19)(H3,15,16,17);1H. The van der Waals surface area contributed by atoms with Gasteiger partial charge in [-0.3, -0.25) is 4.99 Å². The Morgan fingerprint density at radius 3 is 2.52 bits per heavy atom. The fourth-order valence-corrected chi connectivity index (χ4v) is 1.75. The van der Waals surface area contributed by atoms with Crippen molar-refractivity contribution < 1.29 is 9.53 Å². The first-order valence-corrected chi connectivity index (χ1v) is 7.46. The van der Waals surface area contributed by atoms with E-state index in [1.165, 1.54) is 0 Å². The number of hydrogen-bond donors (Lipinski definition) is 3. The Morgan fingerprint density at radius 2 is 2.00 bits per heavy atom. The van der Waals surface area contributed by atoms with Gasteiger partial charge in [-0.1, -0.05) is 27.2 Å². The van der Waals surface area contributed by atoms with Gasteiger partial charge in [0.25, 0.3) is 0 Å². The van der Waals surface area contributed by atoms with Crippen LogP contribution in [-0.4, -0.2) is 37.8 Å². The Morgan fingerprint density at radius 1 is 1.33 bits per heavy atom. The van der Waals surface area contributed by atoms with Crippen LogP contribution in [-0.2, 0) is 4.74 Å². The maximum absolute atomic E-state index is 11.5. The fourth-order valence-electron chi connectivity index (χ4n) is 1.75. The molecule has 0 rings (SSSR count). The molecule has 4 N–H and O–H groups in total. The van der Waals surface area contributed by atoms with Gasteiger partial charge in [-0.15, -0.1) is 24.0 Å². The number of rotatable bonds is 9. The summed E-state index contributed by atoms with van der Waals surface area (Å²) in [5.74, 6) is 0.893. The summed E-state index contributed by atoms with van der Waals surface area (Å²) >= 11 is 0. The van der Waals surface area contributed by atoms with Crippen molar-refractivity contribution in [3.05, 3.63) is 0 Å². The quantitative estimate of drug-likeness (QED) is 0.234. The van der Waals surface area contributed by atoms with Crippen LogP contribution >= 0.6 is 24.0 Å². The molecule has 0 aromatic heterocycles. The van der Waals surface area contributed by atoms with Gasteiger partial charge in [0.1, 0.15) is 0 Å². The highest BCUT2D eigenvalue weighted by Gasteiger charge is 2.14. The van der Waals surface area contributed by atoms with Crippen LogP contribution in [0.25, 0.3) is 0 Å². The van der Waals surface area contributed by atoms with Gasteiger partial charge in [-0.2, -0.15) is 0 Å². The van der Waals surface area contributed by atoms with Crippen molar-refractivity contribution in [3.8, 4) is 0 Å². The molecule has 6 nitrogen and oxygen atoms in total. The maximum atomic E-state index is 11.5. The minimum atomic E-state index is -0.397. The minimum Gasteiger partial charge on any atom is -0.450 e. The smallest absolute Gasteiger partial charge is 0.407 e. The number of amides is 1. The van der Waals surface area contributed by atoms with Crippen LogP contribution in [0.3, 0.4) is 0 Å². The molecule has 0 aliphatic heterocycles. The number of unbranched alkanes of at least 4 members (excludes halogenated alkanes) is 1. The summed E-state index contributed by atoms with van der Waals surface area (Å²) in [6, 6.07) is -0.0550. The third-order valence-electron chi connectivity index (χ3n) is 2.67. The number of nitrogens with two attached hydrogens (primary N) is 1. The van der Waals surface area contributed by atoms with Crippen molar-refractivity contribution >= 4 is 36.0 Å². The number of nitrogens with one attached hydrogen (secondary N) is 2. The Balaban J connectivity index is 0. The van der Waals surface area contributed by atoms with E-state index in [2.05, 4.69) is 36.4 Å². The lowest BCUT2D eigenvalue weighted by Crippen LogP contribution is -2.40. The number of ether oxygens (including phenoxy) is 1. The Labute approximate surface area is 145 Å². The van der Waals surface area contributed by atoms with E-state index in [1.54, 1.807) is 6.92 Å². The van der Waals surface area contributed by atoms with Crippen molar-refractivity contribution in [2.45, 2.75) is 53.0 Å². The summed E-state index contributed by atoms with van der Waals surface area (Å²) in [4.78, 5) is 15.7. The zero-order valence-electron chi connectivity index (χ0n) is 13.6. The number of alkyl carbamates (subject to hydrolysis) is 1. The highest BCUT2D eigenvalue weighted by Crippen LogP contribution is 2.05. The molecule has 0 heterocycles. The van der Waals surface area contributed by atoms with E-state index < -0.39 is 6.09 Å². The van der Waals surface area contributed by atoms with Crippen LogP contribution in [0.2, 0.25) is 0 Å². The van der Waals surface area contributed by atoms with Crippen LogP contribution < -0.4 is 16.4 Å². The van der Waals surface area contributed by atoms with E-state index in [0.717, 1.165) is 25.8 Å². The van der Waals surface area contributed by atoms with Crippen molar-refractivity contribution in [1.82, 2.24) is 10.6 Å². The molecule has 0 saturated carbocycles. The summed E-state index contributed by atoms with van der Waals surface area (Å²) in [6.45, 7) is 9.76. The second-order valence-corrected chi connectivity index (χ2v) is 5.20. The van der Waals surface area contributed by atoms with Gasteiger partial charge in [-0.25, -0.2) is 4.79 Å². The van der Waals surface area contributed by atoms with Crippen LogP contribution in [0.15, 0.2) is 4.99 Å². The average molecular weight is 414 g/mol. The van der Waals surface area contributed by atoms with Crippen LogP contribution in [0.4, 0.5) is 4.79 Å². The molecule has 0 aliphatic carbocycles. The molecular formula is C14H31IN4O2. The second kappa shape index (κ2) is 14.2. The van der Waals surface area contributed by atoms with E-state index in [-0.39, 0.29) is 30.0 Å². The number of aliphatic imine (C=N–C) groups is 1. The van der Waals surface area contributed by atoms with E-state index in [4.69, 9.17) is 10.5 Å². The largest absolute Gasteiger partial charge is 0.450 e. The van der Waals surface area contributed by atoms with Gasteiger partial charge < -0.3 is 21.1 Å². The maximum Gasteiger partial charge on any atom is 0.407 e. The molecule has 0 aromatic rings. The third kappa shape index (κ3) is 14.0. The zero-order valence-corrected chi connectivity index (χ0v) is 16.0. The SMILES string of the molecule is CCCCNC(N)=NCC(CC(C)C)NC(=O)OCC.I. The monoisotopic (exact) mass is 414 g/mol. The first-order chi connectivity index (χ1) is 9.49. The highest BCUT2D eigenvalue weighted by atomic mass is 127. The van der Waals surface area contributed by atoms with Crippen molar-refractivity contribution in [2.24, 2.45) is 16.6 Å². The fraction of sp³-hybridized carbons (Fsp3) is 0.857. The number of carbonyl (C=O) groups is 1. The molecule has 1 atom stereocenters. The topological polar surface area (TPSA) is 88.7 Å². The first kappa shape index (κ1) is 22.5. The van der Waals surface area contributed by atoms with Gasteiger partial charge in [0.2, 0.25) is 0 Å². The Kier molecular flexibility index (Phi) is 15.3. The zero-order chi connectivity index (χ0) is 15.4. The van der Waals surface area contributed by atoms with E-state index >= 15 is 0 Å².